The van der Waals surface area contributed by atoms with Gasteiger partial charge in [0, 0.05) is 12.8 Å². The predicted molar refractivity (Wildman–Crippen MR) is 87.1 cm³/mol. The van der Waals surface area contributed by atoms with Crippen LogP contribution in [-0.4, -0.2) is 44.6 Å². The van der Waals surface area contributed by atoms with E-state index in [0.717, 1.165) is 0 Å². The van der Waals surface area contributed by atoms with Crippen LogP contribution in [0.25, 0.3) is 0 Å². The van der Waals surface area contributed by atoms with Gasteiger partial charge in [0.25, 0.3) is 0 Å². The Morgan fingerprint density at radius 1 is 0.840 bits per heavy atom. The SMILES string of the molecule is O=C(OC(Cc1ccc(O)cc1)C(=O)O)C(O)Cc1ccc(O)cc1. The number of benzene rings is 2. The molecule has 0 bridgehead atoms. The molecule has 0 aliphatic carbocycles. The van der Waals surface area contributed by atoms with Crippen molar-refractivity contribution < 1.29 is 34.8 Å². The van der Waals surface area contributed by atoms with Crippen LogP contribution in [0.3, 0.4) is 0 Å². The molecule has 0 amide bonds. The summed E-state index contributed by atoms with van der Waals surface area (Å²) in [5, 5.41) is 37.5. The summed E-state index contributed by atoms with van der Waals surface area (Å²) in [6, 6.07) is 11.7. The molecular weight excluding hydrogens is 328 g/mol. The number of phenols is 2. The number of ether oxygens (including phenoxy) is 1. The monoisotopic (exact) mass is 346 g/mol. The Hall–Kier alpha value is -3.06. The summed E-state index contributed by atoms with van der Waals surface area (Å²) in [7, 11) is 0. The van der Waals surface area contributed by atoms with Gasteiger partial charge < -0.3 is 25.2 Å². The van der Waals surface area contributed by atoms with Crippen molar-refractivity contribution in [3.8, 4) is 11.5 Å². The van der Waals surface area contributed by atoms with E-state index in [1.165, 1.54) is 48.5 Å². The number of aliphatic carboxylic acids is 1. The number of esters is 1. The van der Waals surface area contributed by atoms with Crippen LogP contribution in [0.4, 0.5) is 0 Å². The Morgan fingerprint density at radius 3 is 1.72 bits per heavy atom. The maximum Gasteiger partial charge on any atom is 0.345 e. The van der Waals surface area contributed by atoms with E-state index in [1.54, 1.807) is 0 Å². The zero-order valence-electron chi connectivity index (χ0n) is 13.2. The fourth-order valence-corrected chi connectivity index (χ4v) is 2.18. The molecule has 2 unspecified atom stereocenters. The second-order valence-electron chi connectivity index (χ2n) is 5.52. The number of carbonyl (C=O) groups is 2. The van der Waals surface area contributed by atoms with Crippen molar-refractivity contribution in [3.63, 3.8) is 0 Å². The van der Waals surface area contributed by atoms with Crippen LogP contribution < -0.4 is 0 Å². The molecule has 7 nitrogen and oxygen atoms in total. The minimum atomic E-state index is -1.52. The number of hydrogen-bond acceptors (Lipinski definition) is 6. The highest BCUT2D eigenvalue weighted by atomic mass is 16.6. The first-order valence-electron chi connectivity index (χ1n) is 7.52. The molecule has 0 aliphatic rings. The normalized spacial score (nSPS) is 13.0. The van der Waals surface area contributed by atoms with Gasteiger partial charge in [0.2, 0.25) is 6.10 Å². The highest BCUT2D eigenvalue weighted by Crippen LogP contribution is 2.15. The van der Waals surface area contributed by atoms with Crippen LogP contribution in [0.15, 0.2) is 48.5 Å². The van der Waals surface area contributed by atoms with Crippen LogP contribution in [0.2, 0.25) is 0 Å². The average molecular weight is 346 g/mol. The maximum atomic E-state index is 11.9. The van der Waals surface area contributed by atoms with Gasteiger partial charge in [-0.15, -0.1) is 0 Å². The number of aliphatic hydroxyl groups excluding tert-OH is 1. The molecule has 7 heteroatoms. The molecule has 0 saturated heterocycles. The Kier molecular flexibility index (Phi) is 5.97. The molecule has 0 saturated carbocycles. The van der Waals surface area contributed by atoms with Gasteiger partial charge in [-0.25, -0.2) is 9.59 Å². The molecule has 2 aromatic carbocycles. The Labute approximate surface area is 143 Å². The third-order valence-electron chi connectivity index (χ3n) is 3.53. The predicted octanol–water partition coefficient (Wildman–Crippen LogP) is 1.24. The second kappa shape index (κ2) is 8.16. The van der Waals surface area contributed by atoms with Crippen molar-refractivity contribution in [2.75, 3.05) is 0 Å². The average Bonchev–Trinajstić information content (AvgIpc) is 2.58. The molecule has 0 heterocycles. The summed E-state index contributed by atoms with van der Waals surface area (Å²) >= 11 is 0. The van der Waals surface area contributed by atoms with Crippen molar-refractivity contribution in [2.24, 2.45) is 0 Å². The lowest BCUT2D eigenvalue weighted by molar-refractivity contribution is -0.170. The number of aliphatic hydroxyl groups is 1. The van der Waals surface area contributed by atoms with Crippen molar-refractivity contribution in [1.82, 2.24) is 0 Å². The van der Waals surface area contributed by atoms with Gasteiger partial charge in [0.05, 0.1) is 0 Å². The van der Waals surface area contributed by atoms with Gasteiger partial charge >= 0.3 is 11.9 Å². The van der Waals surface area contributed by atoms with Crippen molar-refractivity contribution in [3.05, 3.63) is 59.7 Å². The van der Waals surface area contributed by atoms with Crippen LogP contribution in [-0.2, 0) is 27.2 Å². The first-order chi connectivity index (χ1) is 11.8. The van der Waals surface area contributed by atoms with E-state index < -0.39 is 24.1 Å². The lowest BCUT2D eigenvalue weighted by Gasteiger charge is -2.17. The van der Waals surface area contributed by atoms with E-state index in [1.807, 2.05) is 0 Å². The van der Waals surface area contributed by atoms with Crippen molar-refractivity contribution in [2.45, 2.75) is 25.0 Å². The van der Waals surface area contributed by atoms with Crippen LogP contribution in [0.1, 0.15) is 11.1 Å². The molecular formula is C18H18O7. The first kappa shape index (κ1) is 18.3. The maximum absolute atomic E-state index is 11.9. The summed E-state index contributed by atoms with van der Waals surface area (Å²) in [5.41, 5.74) is 1.15. The lowest BCUT2D eigenvalue weighted by atomic mass is 10.1. The largest absolute Gasteiger partial charge is 0.508 e. The third kappa shape index (κ3) is 5.50. The number of hydrogen-bond donors (Lipinski definition) is 4. The summed E-state index contributed by atoms with van der Waals surface area (Å²) < 4.78 is 4.90. The standard InChI is InChI=1S/C18H18O7/c19-13-5-1-11(2-6-13)9-15(21)18(24)25-16(17(22)23)10-12-3-7-14(20)8-4-12/h1-8,15-16,19-21H,9-10H2,(H,22,23). The zero-order valence-corrected chi connectivity index (χ0v) is 13.2. The van der Waals surface area contributed by atoms with Crippen molar-refractivity contribution >= 4 is 11.9 Å². The minimum absolute atomic E-state index is 0.0388. The number of carboxylic acid groups (broad SMARTS) is 1. The second-order valence-corrected chi connectivity index (χ2v) is 5.52. The molecule has 0 spiro atoms. The summed E-state index contributed by atoms with van der Waals surface area (Å²) in [6.07, 6.45) is -3.13. The van der Waals surface area contributed by atoms with Gasteiger partial charge in [-0.3, -0.25) is 0 Å². The lowest BCUT2D eigenvalue weighted by Crippen LogP contribution is -2.35. The first-order valence-corrected chi connectivity index (χ1v) is 7.52. The minimum Gasteiger partial charge on any atom is -0.508 e. The number of rotatable bonds is 7. The number of aromatic hydroxyl groups is 2. The quantitative estimate of drug-likeness (QED) is 0.556. The highest BCUT2D eigenvalue weighted by Gasteiger charge is 2.26. The van der Waals surface area contributed by atoms with E-state index in [-0.39, 0.29) is 24.3 Å². The van der Waals surface area contributed by atoms with E-state index in [0.29, 0.717) is 11.1 Å². The molecule has 132 valence electrons. The molecule has 2 atom stereocenters. The zero-order chi connectivity index (χ0) is 18.4. The highest BCUT2D eigenvalue weighted by molar-refractivity contribution is 5.80. The Bertz CT molecular complexity index is 722. The van der Waals surface area contributed by atoms with Gasteiger partial charge in [-0.1, -0.05) is 24.3 Å². The van der Waals surface area contributed by atoms with Crippen LogP contribution in [0, 0.1) is 0 Å². The topological polar surface area (TPSA) is 124 Å². The van der Waals surface area contributed by atoms with Crippen LogP contribution in [0.5, 0.6) is 11.5 Å². The molecule has 0 aliphatic heterocycles. The smallest absolute Gasteiger partial charge is 0.345 e. The summed E-state index contributed by atoms with van der Waals surface area (Å²) in [5.74, 6) is -2.28. The van der Waals surface area contributed by atoms with E-state index >= 15 is 0 Å². The molecule has 2 aromatic rings. The van der Waals surface area contributed by atoms with Gasteiger partial charge in [0.1, 0.15) is 11.5 Å². The summed E-state index contributed by atoms with van der Waals surface area (Å²) in [4.78, 5) is 23.2. The fourth-order valence-electron chi connectivity index (χ4n) is 2.18. The van der Waals surface area contributed by atoms with Crippen molar-refractivity contribution in [1.29, 1.82) is 0 Å². The number of carboxylic acids is 1. The Balaban J connectivity index is 1.97. The van der Waals surface area contributed by atoms with E-state index in [2.05, 4.69) is 0 Å². The fraction of sp³-hybridized carbons (Fsp3) is 0.222. The van der Waals surface area contributed by atoms with E-state index in [4.69, 9.17) is 4.74 Å². The molecule has 4 N–H and O–H groups in total. The molecule has 0 aromatic heterocycles. The molecule has 2 rings (SSSR count). The number of carbonyl (C=O) groups excluding carboxylic acids is 1. The molecule has 0 radical (unpaired) electrons. The number of phenolic OH excluding ortho intramolecular Hbond substituents is 2. The third-order valence-corrected chi connectivity index (χ3v) is 3.53. The molecule has 25 heavy (non-hydrogen) atoms. The van der Waals surface area contributed by atoms with Gasteiger partial charge in [0.15, 0.2) is 6.10 Å². The van der Waals surface area contributed by atoms with Gasteiger partial charge in [-0.2, -0.15) is 0 Å². The summed E-state index contributed by atoms with van der Waals surface area (Å²) in [6.45, 7) is 0. The molecule has 0 fully saturated rings. The van der Waals surface area contributed by atoms with Gasteiger partial charge in [-0.05, 0) is 35.4 Å². The Morgan fingerprint density at radius 2 is 1.28 bits per heavy atom. The van der Waals surface area contributed by atoms with Crippen LogP contribution >= 0.6 is 0 Å². The van der Waals surface area contributed by atoms with E-state index in [9.17, 15) is 30.0 Å².